The first kappa shape index (κ1) is 15.3. The van der Waals surface area contributed by atoms with E-state index in [-0.39, 0.29) is 18.8 Å². The molecule has 1 aromatic carbocycles. The van der Waals surface area contributed by atoms with Gasteiger partial charge in [0.1, 0.15) is 0 Å². The number of alkyl halides is 3. The summed E-state index contributed by atoms with van der Waals surface area (Å²) in [6.45, 7) is 0.542. The fourth-order valence-electron chi connectivity index (χ4n) is 1.58. The van der Waals surface area contributed by atoms with Crippen molar-refractivity contribution in [2.45, 2.75) is 6.18 Å². The Kier molecular flexibility index (Phi) is 4.77. The highest BCUT2D eigenvalue weighted by Crippen LogP contribution is 2.36. The number of carboxylic acid groups (broad SMARTS) is 1. The number of rotatable bonds is 5. The first-order chi connectivity index (χ1) is 8.77. The lowest BCUT2D eigenvalue weighted by atomic mass is 10.1. The van der Waals surface area contributed by atoms with Crippen molar-refractivity contribution in [1.29, 1.82) is 0 Å². The Bertz CT molecular complexity index is 460. The van der Waals surface area contributed by atoms with E-state index in [2.05, 4.69) is 0 Å². The lowest BCUT2D eigenvalue weighted by Crippen LogP contribution is -2.25. The molecule has 7 heteroatoms. The van der Waals surface area contributed by atoms with E-state index in [0.29, 0.717) is 6.07 Å². The second kappa shape index (κ2) is 5.92. The first-order valence-corrected chi connectivity index (χ1v) is 5.42. The number of anilines is 1. The highest BCUT2D eigenvalue weighted by molar-refractivity contribution is 5.88. The van der Waals surface area contributed by atoms with Crippen molar-refractivity contribution in [1.82, 2.24) is 0 Å². The molecule has 1 aromatic rings. The highest BCUT2D eigenvalue weighted by atomic mass is 19.4. The number of benzene rings is 1. The summed E-state index contributed by atoms with van der Waals surface area (Å²) in [5, 5.41) is 8.74. The van der Waals surface area contributed by atoms with E-state index in [1.165, 1.54) is 19.1 Å². The zero-order valence-corrected chi connectivity index (χ0v) is 10.5. The normalized spacial score (nSPS) is 11.4. The summed E-state index contributed by atoms with van der Waals surface area (Å²) < 4.78 is 43.6. The van der Waals surface area contributed by atoms with E-state index in [9.17, 15) is 18.0 Å². The largest absolute Gasteiger partial charge is 0.478 e. The van der Waals surface area contributed by atoms with Gasteiger partial charge in [-0.05, 0) is 18.2 Å². The van der Waals surface area contributed by atoms with Crippen LogP contribution in [0, 0.1) is 0 Å². The zero-order valence-electron chi connectivity index (χ0n) is 10.5. The number of halogens is 3. The molecular weight excluding hydrogens is 263 g/mol. The van der Waals surface area contributed by atoms with Gasteiger partial charge in [-0.15, -0.1) is 0 Å². The lowest BCUT2D eigenvalue weighted by molar-refractivity contribution is -0.137. The van der Waals surface area contributed by atoms with Gasteiger partial charge in [0.05, 0.1) is 17.7 Å². The highest BCUT2D eigenvalue weighted by Gasteiger charge is 2.35. The van der Waals surface area contributed by atoms with E-state index >= 15 is 0 Å². The maximum absolute atomic E-state index is 12.9. The summed E-state index contributed by atoms with van der Waals surface area (Å²) in [6.07, 6.45) is -4.61. The molecule has 4 nitrogen and oxygen atoms in total. The van der Waals surface area contributed by atoms with Crippen LogP contribution in [-0.2, 0) is 10.9 Å². The number of aromatic carboxylic acids is 1. The molecule has 1 rings (SSSR count). The first-order valence-electron chi connectivity index (χ1n) is 5.42. The van der Waals surface area contributed by atoms with E-state index < -0.39 is 23.3 Å². The summed E-state index contributed by atoms with van der Waals surface area (Å²) >= 11 is 0. The van der Waals surface area contributed by atoms with Crippen LogP contribution in [0.4, 0.5) is 18.9 Å². The molecule has 0 saturated carbocycles. The van der Waals surface area contributed by atoms with Gasteiger partial charge in [0.2, 0.25) is 0 Å². The average Bonchev–Trinajstić information content (AvgIpc) is 2.34. The maximum atomic E-state index is 12.9. The molecule has 1 N–H and O–H groups in total. The smallest absolute Gasteiger partial charge is 0.418 e. The van der Waals surface area contributed by atoms with E-state index in [0.717, 1.165) is 12.1 Å². The SMILES string of the molecule is COCCN(C)c1ccc(C(=O)O)cc1C(F)(F)F. The molecule has 0 saturated heterocycles. The topological polar surface area (TPSA) is 49.8 Å². The van der Waals surface area contributed by atoms with Gasteiger partial charge in [0, 0.05) is 26.4 Å². The number of methoxy groups -OCH3 is 1. The van der Waals surface area contributed by atoms with Gasteiger partial charge in [-0.1, -0.05) is 0 Å². The van der Waals surface area contributed by atoms with Gasteiger partial charge in [-0.2, -0.15) is 13.2 Å². The average molecular weight is 277 g/mol. The van der Waals surface area contributed by atoms with Crippen molar-refractivity contribution < 1.29 is 27.8 Å². The predicted octanol–water partition coefficient (Wildman–Crippen LogP) is 2.49. The van der Waals surface area contributed by atoms with Gasteiger partial charge >= 0.3 is 12.1 Å². The summed E-state index contributed by atoms with van der Waals surface area (Å²) in [5.41, 5.74) is -1.43. The number of hydrogen-bond acceptors (Lipinski definition) is 3. The molecule has 106 valence electrons. The minimum Gasteiger partial charge on any atom is -0.478 e. The second-order valence-electron chi connectivity index (χ2n) is 3.95. The molecule has 0 amide bonds. The minimum atomic E-state index is -4.61. The van der Waals surface area contributed by atoms with E-state index in [4.69, 9.17) is 9.84 Å². The standard InChI is InChI=1S/C12H14F3NO3/c1-16(5-6-19-2)10-4-3-8(11(17)18)7-9(10)12(13,14)15/h3-4,7H,5-6H2,1-2H3,(H,17,18). The van der Waals surface area contributed by atoms with Crippen molar-refractivity contribution >= 4 is 11.7 Å². The van der Waals surface area contributed by atoms with E-state index in [1.54, 1.807) is 0 Å². The summed E-state index contributed by atoms with van der Waals surface area (Å²) in [7, 11) is 2.94. The molecule has 0 atom stereocenters. The van der Waals surface area contributed by atoms with Crippen molar-refractivity contribution in [3.63, 3.8) is 0 Å². The molecular formula is C12H14F3NO3. The van der Waals surface area contributed by atoms with Gasteiger partial charge in [0.25, 0.3) is 0 Å². The lowest BCUT2D eigenvalue weighted by Gasteiger charge is -2.23. The summed E-state index contributed by atoms with van der Waals surface area (Å²) in [5.74, 6) is -1.39. The molecule has 0 aromatic heterocycles. The van der Waals surface area contributed by atoms with Gasteiger partial charge < -0.3 is 14.7 Å². The minimum absolute atomic E-state index is 0.0745. The Labute approximate surface area is 108 Å². The third-order valence-corrected chi connectivity index (χ3v) is 2.59. The Morgan fingerprint density at radius 2 is 2.05 bits per heavy atom. The van der Waals surface area contributed by atoms with Crippen LogP contribution >= 0.6 is 0 Å². The Balaban J connectivity index is 3.20. The van der Waals surface area contributed by atoms with Crippen LogP contribution < -0.4 is 4.90 Å². The van der Waals surface area contributed by atoms with Crippen LogP contribution in [0.5, 0.6) is 0 Å². The molecule has 0 heterocycles. The number of nitrogens with zero attached hydrogens (tertiary/aromatic N) is 1. The number of ether oxygens (including phenoxy) is 1. The maximum Gasteiger partial charge on any atom is 0.418 e. The van der Waals surface area contributed by atoms with Crippen LogP contribution in [0.25, 0.3) is 0 Å². The fourth-order valence-corrected chi connectivity index (χ4v) is 1.58. The summed E-state index contributed by atoms with van der Waals surface area (Å²) in [4.78, 5) is 12.1. The molecule has 0 unspecified atom stereocenters. The van der Waals surface area contributed by atoms with Gasteiger partial charge in [-0.25, -0.2) is 4.79 Å². The predicted molar refractivity (Wildman–Crippen MR) is 63.5 cm³/mol. The van der Waals surface area contributed by atoms with Crippen molar-refractivity contribution in [3.8, 4) is 0 Å². The molecule has 0 aliphatic carbocycles. The number of carboxylic acids is 1. The molecule has 0 aliphatic rings. The molecule has 19 heavy (non-hydrogen) atoms. The Morgan fingerprint density at radius 3 is 2.53 bits per heavy atom. The fraction of sp³-hybridized carbons (Fsp3) is 0.417. The molecule has 0 aliphatic heterocycles. The molecule has 0 radical (unpaired) electrons. The second-order valence-corrected chi connectivity index (χ2v) is 3.95. The number of likely N-dealkylation sites (N-methyl/N-ethyl adjacent to an activating group) is 1. The third kappa shape index (κ3) is 3.85. The Morgan fingerprint density at radius 1 is 1.42 bits per heavy atom. The quantitative estimate of drug-likeness (QED) is 0.898. The van der Waals surface area contributed by atoms with Crippen LogP contribution in [0.1, 0.15) is 15.9 Å². The molecule has 0 fully saturated rings. The van der Waals surface area contributed by atoms with Crippen molar-refractivity contribution in [3.05, 3.63) is 29.3 Å². The molecule has 0 spiro atoms. The van der Waals surface area contributed by atoms with Crippen LogP contribution in [-0.4, -0.2) is 38.4 Å². The third-order valence-electron chi connectivity index (χ3n) is 2.59. The van der Waals surface area contributed by atoms with E-state index in [1.807, 2.05) is 0 Å². The zero-order chi connectivity index (χ0) is 14.6. The van der Waals surface area contributed by atoms with Gasteiger partial charge in [0.15, 0.2) is 0 Å². The van der Waals surface area contributed by atoms with Crippen LogP contribution in [0.2, 0.25) is 0 Å². The van der Waals surface area contributed by atoms with Gasteiger partial charge in [-0.3, -0.25) is 0 Å². The van der Waals surface area contributed by atoms with Crippen molar-refractivity contribution in [2.75, 3.05) is 32.2 Å². The molecule has 0 bridgehead atoms. The number of hydrogen-bond donors (Lipinski definition) is 1. The Hall–Kier alpha value is -1.76. The van der Waals surface area contributed by atoms with Crippen LogP contribution in [0.3, 0.4) is 0 Å². The summed E-state index contributed by atoms with van der Waals surface area (Å²) in [6, 6.07) is 2.94. The van der Waals surface area contributed by atoms with Crippen LogP contribution in [0.15, 0.2) is 18.2 Å². The van der Waals surface area contributed by atoms with Crippen molar-refractivity contribution in [2.24, 2.45) is 0 Å². The number of carbonyl (C=O) groups is 1. The monoisotopic (exact) mass is 277 g/mol.